The van der Waals surface area contributed by atoms with E-state index in [1.807, 2.05) is 22.7 Å². The number of amides is 1. The Labute approximate surface area is 207 Å². The van der Waals surface area contributed by atoms with Crippen LogP contribution in [0.5, 0.6) is 17.2 Å². The Hall–Kier alpha value is -3.40. The molecule has 1 aromatic carbocycles. The van der Waals surface area contributed by atoms with E-state index in [1.165, 1.54) is 13.2 Å². The predicted octanol–water partition coefficient (Wildman–Crippen LogP) is 4.54. The van der Waals surface area contributed by atoms with Gasteiger partial charge in [0.2, 0.25) is 0 Å². The number of carbonyl (C=O) groups is 1. The number of pyridine rings is 1. The third-order valence-corrected chi connectivity index (χ3v) is 6.64. The van der Waals surface area contributed by atoms with Gasteiger partial charge in [-0.1, -0.05) is 6.42 Å². The number of nitrogens with two attached hydrogens (primary N) is 1. The molecular formula is C26H30F2N4O4. The maximum Gasteiger partial charge on any atom is 0.387 e. The van der Waals surface area contributed by atoms with Crippen LogP contribution in [0.15, 0.2) is 36.7 Å². The van der Waals surface area contributed by atoms with Gasteiger partial charge in [-0.05, 0) is 56.7 Å². The molecular weight excluding hydrogens is 470 g/mol. The molecule has 0 saturated heterocycles. The first-order valence-electron chi connectivity index (χ1n) is 12.3. The number of imidazole rings is 1. The first-order valence-corrected chi connectivity index (χ1v) is 12.3. The molecule has 8 nitrogen and oxygen atoms in total. The van der Waals surface area contributed by atoms with Gasteiger partial charge >= 0.3 is 6.61 Å². The molecule has 0 aliphatic heterocycles. The smallest absolute Gasteiger partial charge is 0.387 e. The summed E-state index contributed by atoms with van der Waals surface area (Å²) in [5, 5.41) is 2.81. The van der Waals surface area contributed by atoms with Crippen molar-refractivity contribution in [3.8, 4) is 28.5 Å². The summed E-state index contributed by atoms with van der Waals surface area (Å²) in [6.07, 6.45) is 10.2. The van der Waals surface area contributed by atoms with Gasteiger partial charge in [0.1, 0.15) is 34.6 Å². The molecule has 2 aromatic heterocycles. The molecule has 0 spiro atoms. The molecule has 0 unspecified atom stereocenters. The Morgan fingerprint density at radius 2 is 1.94 bits per heavy atom. The van der Waals surface area contributed by atoms with Crippen LogP contribution in [0.1, 0.15) is 55.3 Å². The number of aromatic nitrogens is 2. The second kappa shape index (κ2) is 10.3. The van der Waals surface area contributed by atoms with E-state index in [2.05, 4.69) is 10.3 Å². The number of halogens is 2. The summed E-state index contributed by atoms with van der Waals surface area (Å²) >= 11 is 0. The lowest BCUT2D eigenvalue weighted by Crippen LogP contribution is -2.27. The van der Waals surface area contributed by atoms with E-state index in [0.717, 1.165) is 44.9 Å². The average molecular weight is 501 g/mol. The van der Waals surface area contributed by atoms with Crippen LogP contribution in [0.2, 0.25) is 0 Å². The summed E-state index contributed by atoms with van der Waals surface area (Å²) in [7, 11) is 1.39. The minimum Gasteiger partial charge on any atom is -0.496 e. The molecule has 0 radical (unpaired) electrons. The lowest BCUT2D eigenvalue weighted by atomic mass is 10.1. The van der Waals surface area contributed by atoms with Gasteiger partial charge in [-0.3, -0.25) is 9.20 Å². The number of carbonyl (C=O) groups excluding carboxylic acids is 1. The van der Waals surface area contributed by atoms with Gasteiger partial charge in [0.05, 0.1) is 19.0 Å². The van der Waals surface area contributed by atoms with Crippen molar-refractivity contribution in [1.29, 1.82) is 0 Å². The van der Waals surface area contributed by atoms with Crippen molar-refractivity contribution in [1.82, 2.24) is 14.7 Å². The summed E-state index contributed by atoms with van der Waals surface area (Å²) in [6, 6.07) is 6.92. The largest absolute Gasteiger partial charge is 0.496 e. The molecule has 1 amide bonds. The molecule has 2 aliphatic carbocycles. The van der Waals surface area contributed by atoms with E-state index < -0.39 is 12.5 Å². The van der Waals surface area contributed by atoms with Crippen LogP contribution < -0.4 is 25.3 Å². The second-order valence-corrected chi connectivity index (χ2v) is 9.43. The first kappa shape index (κ1) is 24.3. The van der Waals surface area contributed by atoms with Crippen molar-refractivity contribution in [2.24, 2.45) is 5.73 Å². The number of nitrogens with zero attached hydrogens (tertiary/aromatic N) is 2. The number of hydrogen-bond acceptors (Lipinski definition) is 6. The molecule has 10 heteroatoms. The number of methoxy groups -OCH3 is 1. The first-order chi connectivity index (χ1) is 17.4. The molecule has 3 aromatic rings. The number of hydrogen-bond donors (Lipinski definition) is 2. The van der Waals surface area contributed by atoms with Gasteiger partial charge in [0, 0.05) is 29.9 Å². The Morgan fingerprint density at radius 3 is 2.69 bits per heavy atom. The minimum absolute atomic E-state index is 0.0465. The molecule has 2 saturated carbocycles. The van der Waals surface area contributed by atoms with Gasteiger partial charge in [-0.25, -0.2) is 4.98 Å². The Kier molecular flexibility index (Phi) is 6.95. The highest BCUT2D eigenvalue weighted by Crippen LogP contribution is 2.37. The minimum atomic E-state index is -3.10. The van der Waals surface area contributed by atoms with Crippen molar-refractivity contribution in [3.05, 3.63) is 42.2 Å². The van der Waals surface area contributed by atoms with Crippen molar-refractivity contribution in [2.45, 2.75) is 69.7 Å². The maximum atomic E-state index is 13.3. The standard InChI is InChI=1S/C26H30F2N4O4/c1-34-21-10-15(11-22(36-26(27)28)24(21)25(33)31-17-6-7-17)20-14-30-23-13-19(8-9-32(20)23)35-18-5-3-2-4-16(29)12-18/h8-11,13-14,16-18,26H,2-7,12,29H2,1H3,(H,31,33)/t16-,18+/m1/s1. The summed E-state index contributed by atoms with van der Waals surface area (Å²) in [4.78, 5) is 17.3. The topological polar surface area (TPSA) is 100 Å². The van der Waals surface area contributed by atoms with Crippen LogP contribution in [-0.4, -0.2) is 47.2 Å². The fraction of sp³-hybridized carbons (Fsp3) is 0.462. The lowest BCUT2D eigenvalue weighted by Gasteiger charge is -2.19. The van der Waals surface area contributed by atoms with E-state index in [0.29, 0.717) is 22.7 Å². The zero-order chi connectivity index (χ0) is 25.2. The average Bonchev–Trinajstić information content (AvgIpc) is 3.59. The van der Waals surface area contributed by atoms with Crippen LogP contribution in [0.25, 0.3) is 16.9 Å². The van der Waals surface area contributed by atoms with Gasteiger partial charge < -0.3 is 25.3 Å². The molecule has 36 heavy (non-hydrogen) atoms. The summed E-state index contributed by atoms with van der Waals surface area (Å²) in [5.74, 6) is 0.0814. The zero-order valence-electron chi connectivity index (χ0n) is 20.1. The highest BCUT2D eigenvalue weighted by atomic mass is 19.3. The Morgan fingerprint density at radius 1 is 1.17 bits per heavy atom. The quantitative estimate of drug-likeness (QED) is 0.441. The number of fused-ring (bicyclic) bond motifs is 1. The monoisotopic (exact) mass is 500 g/mol. The van der Waals surface area contributed by atoms with Crippen LogP contribution >= 0.6 is 0 Å². The molecule has 0 bridgehead atoms. The summed E-state index contributed by atoms with van der Waals surface area (Å²) in [6.45, 7) is -3.10. The van der Waals surface area contributed by atoms with E-state index in [1.54, 1.807) is 12.3 Å². The fourth-order valence-electron chi connectivity index (χ4n) is 4.70. The van der Waals surface area contributed by atoms with Gasteiger partial charge in [-0.2, -0.15) is 8.78 Å². The van der Waals surface area contributed by atoms with E-state index >= 15 is 0 Å². The van der Waals surface area contributed by atoms with Crippen LogP contribution in [-0.2, 0) is 0 Å². The third-order valence-electron chi connectivity index (χ3n) is 6.64. The van der Waals surface area contributed by atoms with E-state index in [-0.39, 0.29) is 35.3 Å². The highest BCUT2D eigenvalue weighted by molar-refractivity contribution is 6.01. The van der Waals surface area contributed by atoms with Gasteiger partial charge in [0.25, 0.3) is 5.91 Å². The normalized spacial score (nSPS) is 20.2. The van der Waals surface area contributed by atoms with E-state index in [4.69, 9.17) is 19.9 Å². The predicted molar refractivity (Wildman–Crippen MR) is 130 cm³/mol. The van der Waals surface area contributed by atoms with Crippen molar-refractivity contribution < 1.29 is 27.8 Å². The number of benzene rings is 1. The number of nitrogens with one attached hydrogen (secondary N) is 1. The van der Waals surface area contributed by atoms with Crippen molar-refractivity contribution in [3.63, 3.8) is 0 Å². The molecule has 2 heterocycles. The van der Waals surface area contributed by atoms with Crippen LogP contribution in [0.3, 0.4) is 0 Å². The van der Waals surface area contributed by atoms with Crippen LogP contribution in [0, 0.1) is 0 Å². The second-order valence-electron chi connectivity index (χ2n) is 9.43. The third kappa shape index (κ3) is 5.38. The van der Waals surface area contributed by atoms with Gasteiger partial charge in [-0.15, -0.1) is 0 Å². The van der Waals surface area contributed by atoms with Crippen LogP contribution in [0.4, 0.5) is 8.78 Å². The highest BCUT2D eigenvalue weighted by Gasteiger charge is 2.29. The molecule has 2 fully saturated rings. The number of ether oxygens (including phenoxy) is 3. The lowest BCUT2D eigenvalue weighted by molar-refractivity contribution is -0.0502. The fourth-order valence-corrected chi connectivity index (χ4v) is 4.70. The molecule has 5 rings (SSSR count). The summed E-state index contributed by atoms with van der Waals surface area (Å²) in [5.41, 5.74) is 7.88. The van der Waals surface area contributed by atoms with Gasteiger partial charge in [0.15, 0.2) is 0 Å². The van der Waals surface area contributed by atoms with Crippen molar-refractivity contribution in [2.75, 3.05) is 7.11 Å². The number of rotatable bonds is 8. The van der Waals surface area contributed by atoms with Crippen molar-refractivity contribution >= 4 is 11.6 Å². The maximum absolute atomic E-state index is 13.3. The Balaban J connectivity index is 1.46. The molecule has 2 aliphatic rings. The zero-order valence-corrected chi connectivity index (χ0v) is 20.1. The Bertz CT molecular complexity index is 1240. The molecule has 3 N–H and O–H groups in total. The summed E-state index contributed by atoms with van der Waals surface area (Å²) < 4.78 is 44.7. The number of alkyl halides is 2. The van der Waals surface area contributed by atoms with E-state index in [9.17, 15) is 13.6 Å². The molecule has 192 valence electrons. The SMILES string of the molecule is COc1cc(-c2cnc3cc(O[C@H]4CCCC[C@@H](N)C4)ccn23)cc(OC(F)F)c1C(=O)NC1CC1. The molecule has 2 atom stereocenters.